The minimum atomic E-state index is 1.30. The van der Waals surface area contributed by atoms with Gasteiger partial charge >= 0.3 is 0 Å². The quantitative estimate of drug-likeness (QED) is 0.709. The normalized spacial score (nSPS) is 10.5. The van der Waals surface area contributed by atoms with Crippen LogP contribution < -0.4 is 0 Å². The van der Waals surface area contributed by atoms with Gasteiger partial charge in [0.05, 0.1) is 5.69 Å². The van der Waals surface area contributed by atoms with Gasteiger partial charge in [0.15, 0.2) is 0 Å². The summed E-state index contributed by atoms with van der Waals surface area (Å²) in [5, 5.41) is 0. The summed E-state index contributed by atoms with van der Waals surface area (Å²) in [6.07, 6.45) is 2.10. The van der Waals surface area contributed by atoms with Crippen molar-refractivity contribution in [1.29, 1.82) is 0 Å². The Labute approximate surface area is 97.9 Å². The molecular weight excluding hydrogens is 285 g/mol. The van der Waals surface area contributed by atoms with Crippen LogP contribution in [0.25, 0.3) is 11.3 Å². The molecule has 72 valence electrons. The van der Waals surface area contributed by atoms with Crippen molar-refractivity contribution < 1.29 is 0 Å². The Morgan fingerprint density at radius 1 is 1.14 bits per heavy atom. The molecule has 0 aliphatic rings. The second-order valence-corrected chi connectivity index (χ2v) is 4.60. The Balaban J connectivity index is 2.66. The predicted molar refractivity (Wildman–Crippen MR) is 68.3 cm³/mol. The minimum absolute atomic E-state index is 1.30. The summed E-state index contributed by atoms with van der Waals surface area (Å²) in [4.78, 5) is 0. The van der Waals surface area contributed by atoms with Crippen molar-refractivity contribution in [2.24, 2.45) is 7.05 Å². The Kier molecular flexibility index (Phi) is 2.63. The zero-order chi connectivity index (χ0) is 10.1. The van der Waals surface area contributed by atoms with Gasteiger partial charge in [0.25, 0.3) is 0 Å². The molecule has 0 saturated carbocycles. The second kappa shape index (κ2) is 3.77. The third-order valence-electron chi connectivity index (χ3n) is 2.40. The van der Waals surface area contributed by atoms with Crippen LogP contribution in [0.3, 0.4) is 0 Å². The number of aryl methyl sites for hydroxylation is 2. The van der Waals surface area contributed by atoms with E-state index in [1.807, 2.05) is 0 Å². The lowest BCUT2D eigenvalue weighted by Crippen LogP contribution is -1.92. The van der Waals surface area contributed by atoms with Crippen LogP contribution in [-0.2, 0) is 7.05 Å². The van der Waals surface area contributed by atoms with E-state index in [1.165, 1.54) is 20.4 Å². The molecule has 0 atom stereocenters. The highest BCUT2D eigenvalue weighted by atomic mass is 127. The summed E-state index contributed by atoms with van der Waals surface area (Å²) in [7, 11) is 2.09. The monoisotopic (exact) mass is 297 g/mol. The summed E-state index contributed by atoms with van der Waals surface area (Å²) in [6, 6.07) is 10.6. The van der Waals surface area contributed by atoms with Gasteiger partial charge in [-0.25, -0.2) is 0 Å². The summed E-state index contributed by atoms with van der Waals surface area (Å²) in [6.45, 7) is 2.15. The number of rotatable bonds is 1. The fourth-order valence-corrected chi connectivity index (χ4v) is 2.35. The molecule has 2 aromatic rings. The van der Waals surface area contributed by atoms with Crippen LogP contribution in [-0.4, -0.2) is 4.57 Å². The number of hydrogen-bond donors (Lipinski definition) is 0. The first-order valence-electron chi connectivity index (χ1n) is 4.57. The van der Waals surface area contributed by atoms with Crippen LogP contribution in [0.5, 0.6) is 0 Å². The lowest BCUT2D eigenvalue weighted by atomic mass is 10.1. The van der Waals surface area contributed by atoms with Crippen LogP contribution in [0, 0.1) is 10.5 Å². The number of aromatic nitrogens is 1. The largest absolute Gasteiger partial charge is 0.350 e. The predicted octanol–water partition coefficient (Wildman–Crippen LogP) is 3.61. The maximum atomic E-state index is 2.38. The zero-order valence-corrected chi connectivity index (χ0v) is 10.4. The van der Waals surface area contributed by atoms with Gasteiger partial charge in [0.2, 0.25) is 0 Å². The highest BCUT2D eigenvalue weighted by molar-refractivity contribution is 14.1. The van der Waals surface area contributed by atoms with Crippen molar-refractivity contribution in [3.05, 3.63) is 45.7 Å². The van der Waals surface area contributed by atoms with Crippen molar-refractivity contribution >= 4 is 22.6 Å². The average Bonchev–Trinajstić information content (AvgIpc) is 2.48. The molecule has 0 spiro atoms. The first kappa shape index (κ1) is 9.77. The Hall–Kier alpha value is -0.770. The molecule has 2 heteroatoms. The molecule has 0 aliphatic heterocycles. The van der Waals surface area contributed by atoms with E-state index in [2.05, 4.69) is 77.7 Å². The van der Waals surface area contributed by atoms with E-state index in [0.717, 1.165) is 0 Å². The molecule has 1 heterocycles. The van der Waals surface area contributed by atoms with Crippen molar-refractivity contribution in [3.8, 4) is 11.3 Å². The van der Waals surface area contributed by atoms with E-state index in [0.29, 0.717) is 0 Å². The maximum absolute atomic E-state index is 2.38. The number of hydrogen-bond acceptors (Lipinski definition) is 0. The van der Waals surface area contributed by atoms with Gasteiger partial charge in [-0.2, -0.15) is 0 Å². The van der Waals surface area contributed by atoms with Gasteiger partial charge in [-0.15, -0.1) is 0 Å². The fourth-order valence-electron chi connectivity index (χ4n) is 1.71. The van der Waals surface area contributed by atoms with Gasteiger partial charge in [-0.05, 0) is 47.2 Å². The molecule has 0 saturated heterocycles. The summed E-state index contributed by atoms with van der Waals surface area (Å²) in [5.74, 6) is 0. The van der Waals surface area contributed by atoms with Crippen LogP contribution in [0.4, 0.5) is 0 Å². The van der Waals surface area contributed by atoms with Gasteiger partial charge in [-0.1, -0.05) is 18.2 Å². The van der Waals surface area contributed by atoms with Crippen molar-refractivity contribution in [1.82, 2.24) is 4.57 Å². The topological polar surface area (TPSA) is 4.93 Å². The Bertz CT molecular complexity index is 438. The van der Waals surface area contributed by atoms with Crippen LogP contribution >= 0.6 is 22.6 Å². The first-order valence-corrected chi connectivity index (χ1v) is 5.65. The molecular formula is C12H12IN. The molecule has 0 aliphatic carbocycles. The van der Waals surface area contributed by atoms with Crippen LogP contribution in [0.1, 0.15) is 5.56 Å². The lowest BCUT2D eigenvalue weighted by Gasteiger charge is -2.07. The zero-order valence-electron chi connectivity index (χ0n) is 8.29. The van der Waals surface area contributed by atoms with E-state index in [9.17, 15) is 0 Å². The molecule has 1 nitrogen and oxygen atoms in total. The number of nitrogens with zero attached hydrogens (tertiary/aromatic N) is 1. The first-order chi connectivity index (χ1) is 6.70. The average molecular weight is 297 g/mol. The molecule has 0 fully saturated rings. The van der Waals surface area contributed by atoms with Gasteiger partial charge < -0.3 is 4.57 Å². The van der Waals surface area contributed by atoms with Crippen LogP contribution in [0.2, 0.25) is 0 Å². The Morgan fingerprint density at radius 3 is 2.43 bits per heavy atom. The molecule has 2 rings (SSSR count). The second-order valence-electron chi connectivity index (χ2n) is 3.44. The third-order valence-corrected chi connectivity index (χ3v) is 3.34. The molecule has 1 aromatic carbocycles. The van der Waals surface area contributed by atoms with Gasteiger partial charge in [0.1, 0.15) is 0 Å². The number of halogens is 1. The number of benzene rings is 1. The Morgan fingerprint density at radius 2 is 1.86 bits per heavy atom. The molecule has 0 unspecified atom stereocenters. The van der Waals surface area contributed by atoms with E-state index in [4.69, 9.17) is 0 Å². The summed E-state index contributed by atoms with van der Waals surface area (Å²) >= 11 is 2.38. The molecule has 14 heavy (non-hydrogen) atoms. The standard InChI is InChI=1S/C12H12IN/c1-9-7-8-14(2)12(9)10-5-3-4-6-11(10)13/h3-8H,1-2H3. The van der Waals surface area contributed by atoms with Crippen molar-refractivity contribution in [3.63, 3.8) is 0 Å². The molecule has 0 N–H and O–H groups in total. The van der Waals surface area contributed by atoms with Crippen LogP contribution in [0.15, 0.2) is 36.5 Å². The summed E-state index contributed by atoms with van der Waals surface area (Å²) in [5.41, 5.74) is 3.96. The molecule has 1 aromatic heterocycles. The molecule has 0 radical (unpaired) electrons. The molecule has 0 bridgehead atoms. The fraction of sp³-hybridized carbons (Fsp3) is 0.167. The maximum Gasteiger partial charge on any atom is 0.0518 e. The highest BCUT2D eigenvalue weighted by Crippen LogP contribution is 2.27. The van der Waals surface area contributed by atoms with E-state index in [-0.39, 0.29) is 0 Å². The van der Waals surface area contributed by atoms with E-state index in [1.54, 1.807) is 0 Å². The van der Waals surface area contributed by atoms with Gasteiger partial charge in [0, 0.05) is 22.4 Å². The summed E-state index contributed by atoms with van der Waals surface area (Å²) < 4.78 is 3.47. The third kappa shape index (κ3) is 1.59. The highest BCUT2D eigenvalue weighted by Gasteiger charge is 2.08. The van der Waals surface area contributed by atoms with E-state index < -0.39 is 0 Å². The van der Waals surface area contributed by atoms with Crippen molar-refractivity contribution in [2.75, 3.05) is 0 Å². The van der Waals surface area contributed by atoms with Crippen molar-refractivity contribution in [2.45, 2.75) is 6.92 Å². The lowest BCUT2D eigenvalue weighted by molar-refractivity contribution is 0.933. The smallest absolute Gasteiger partial charge is 0.0518 e. The minimum Gasteiger partial charge on any atom is -0.350 e. The SMILES string of the molecule is Cc1ccn(C)c1-c1ccccc1I. The van der Waals surface area contributed by atoms with Gasteiger partial charge in [-0.3, -0.25) is 0 Å². The molecule has 0 amide bonds. The van der Waals surface area contributed by atoms with E-state index >= 15 is 0 Å².